The molecule has 2 aromatic rings. The van der Waals surface area contributed by atoms with Gasteiger partial charge in [-0.15, -0.1) is 0 Å². The summed E-state index contributed by atoms with van der Waals surface area (Å²) in [4.78, 5) is 29.8. The Morgan fingerprint density at radius 2 is 1.97 bits per heavy atom. The van der Waals surface area contributed by atoms with Crippen LogP contribution in [0, 0.1) is 0 Å². The first kappa shape index (κ1) is 23.6. The molecule has 0 bridgehead atoms. The van der Waals surface area contributed by atoms with Gasteiger partial charge < -0.3 is 15.0 Å². The molecule has 1 atom stereocenters. The van der Waals surface area contributed by atoms with Crippen LogP contribution in [0.4, 0.5) is 13.2 Å². The number of likely N-dealkylation sites (tertiary alicyclic amines) is 1. The molecule has 0 unspecified atom stereocenters. The molecule has 0 saturated carbocycles. The third kappa shape index (κ3) is 5.77. The monoisotopic (exact) mass is 449 g/mol. The van der Waals surface area contributed by atoms with Gasteiger partial charge in [0, 0.05) is 38.2 Å². The molecule has 1 saturated heterocycles. The Morgan fingerprint density at radius 3 is 2.59 bits per heavy atom. The summed E-state index contributed by atoms with van der Waals surface area (Å²) in [6, 6.07) is 7.94. The van der Waals surface area contributed by atoms with Crippen LogP contribution in [0.2, 0.25) is 0 Å². The maximum absolute atomic E-state index is 13.6. The Balaban J connectivity index is 1.74. The summed E-state index contributed by atoms with van der Waals surface area (Å²) in [6.45, 7) is 1.47. The highest BCUT2D eigenvalue weighted by Gasteiger charge is 2.37. The van der Waals surface area contributed by atoms with E-state index in [1.165, 1.54) is 6.92 Å². The van der Waals surface area contributed by atoms with Crippen molar-refractivity contribution >= 4 is 11.8 Å². The SMILES string of the molecule is COc1ccc(CCC(=O)N2CCC[C@H]2c2cc(C(F)(F)F)c(CNC(C)=O)cn2)cc1. The van der Waals surface area contributed by atoms with Crippen LogP contribution < -0.4 is 10.1 Å². The number of aromatic nitrogens is 1. The van der Waals surface area contributed by atoms with Gasteiger partial charge in [-0.05, 0) is 43.0 Å². The maximum atomic E-state index is 13.6. The fourth-order valence-electron chi connectivity index (χ4n) is 3.87. The molecule has 32 heavy (non-hydrogen) atoms. The van der Waals surface area contributed by atoms with E-state index in [2.05, 4.69) is 10.3 Å². The molecule has 1 fully saturated rings. The summed E-state index contributed by atoms with van der Waals surface area (Å²) in [5.74, 6) is 0.195. The zero-order valence-corrected chi connectivity index (χ0v) is 18.0. The first-order chi connectivity index (χ1) is 15.2. The zero-order valence-electron chi connectivity index (χ0n) is 18.0. The van der Waals surface area contributed by atoms with Crippen molar-refractivity contribution < 1.29 is 27.5 Å². The molecule has 2 amide bonds. The fraction of sp³-hybridized carbons (Fsp3) is 0.435. The fourth-order valence-corrected chi connectivity index (χ4v) is 3.87. The lowest BCUT2D eigenvalue weighted by atomic mass is 10.0. The number of benzene rings is 1. The topological polar surface area (TPSA) is 71.5 Å². The van der Waals surface area contributed by atoms with Gasteiger partial charge in [0.25, 0.3) is 0 Å². The van der Waals surface area contributed by atoms with Crippen molar-refractivity contribution in [2.24, 2.45) is 0 Å². The Morgan fingerprint density at radius 1 is 1.25 bits per heavy atom. The molecule has 1 aromatic heterocycles. The van der Waals surface area contributed by atoms with Gasteiger partial charge in [-0.25, -0.2) is 0 Å². The van der Waals surface area contributed by atoms with Gasteiger partial charge >= 0.3 is 6.18 Å². The minimum atomic E-state index is -4.59. The molecular weight excluding hydrogens is 423 g/mol. The number of nitrogens with zero attached hydrogens (tertiary/aromatic N) is 2. The molecule has 9 heteroatoms. The van der Waals surface area contributed by atoms with Gasteiger partial charge in [0.05, 0.1) is 24.4 Å². The van der Waals surface area contributed by atoms with E-state index in [-0.39, 0.29) is 30.1 Å². The number of aryl methyl sites for hydroxylation is 1. The Hall–Kier alpha value is -3.10. The van der Waals surface area contributed by atoms with E-state index in [1.54, 1.807) is 12.0 Å². The van der Waals surface area contributed by atoms with E-state index in [0.717, 1.165) is 23.6 Å². The highest BCUT2D eigenvalue weighted by Crippen LogP contribution is 2.37. The van der Waals surface area contributed by atoms with Crippen molar-refractivity contribution in [1.82, 2.24) is 15.2 Å². The predicted molar refractivity (Wildman–Crippen MR) is 112 cm³/mol. The lowest BCUT2D eigenvalue weighted by molar-refractivity contribution is -0.138. The number of alkyl halides is 3. The molecule has 6 nitrogen and oxygen atoms in total. The summed E-state index contributed by atoms with van der Waals surface area (Å²) in [5.41, 5.74) is 0.259. The number of pyridine rings is 1. The Labute approximate surface area is 184 Å². The van der Waals surface area contributed by atoms with Crippen LogP contribution in [0.25, 0.3) is 0 Å². The molecule has 1 aliphatic heterocycles. The molecule has 0 spiro atoms. The van der Waals surface area contributed by atoms with E-state index in [4.69, 9.17) is 4.74 Å². The number of methoxy groups -OCH3 is 1. The molecule has 0 radical (unpaired) electrons. The number of carbonyl (C=O) groups excluding carboxylic acids is 2. The van der Waals surface area contributed by atoms with Crippen LogP contribution in [0.3, 0.4) is 0 Å². The number of carbonyl (C=O) groups is 2. The maximum Gasteiger partial charge on any atom is 0.416 e. The van der Waals surface area contributed by atoms with Crippen LogP contribution >= 0.6 is 0 Å². The second-order valence-electron chi connectivity index (χ2n) is 7.77. The number of hydrogen-bond donors (Lipinski definition) is 1. The first-order valence-corrected chi connectivity index (χ1v) is 10.4. The van der Waals surface area contributed by atoms with Crippen molar-refractivity contribution in [2.75, 3.05) is 13.7 Å². The number of hydrogen-bond acceptors (Lipinski definition) is 4. The van der Waals surface area contributed by atoms with Crippen molar-refractivity contribution in [1.29, 1.82) is 0 Å². The van der Waals surface area contributed by atoms with Gasteiger partial charge in [0.1, 0.15) is 5.75 Å². The second-order valence-corrected chi connectivity index (χ2v) is 7.77. The van der Waals surface area contributed by atoms with Gasteiger partial charge in [-0.3, -0.25) is 14.6 Å². The number of halogens is 3. The second kappa shape index (κ2) is 10.0. The van der Waals surface area contributed by atoms with Crippen molar-refractivity contribution in [3.05, 3.63) is 58.9 Å². The predicted octanol–water partition coefficient (Wildman–Crippen LogP) is 4.04. The van der Waals surface area contributed by atoms with Crippen LogP contribution in [-0.4, -0.2) is 35.4 Å². The number of rotatable bonds is 7. The van der Waals surface area contributed by atoms with Gasteiger partial charge in [-0.2, -0.15) is 13.2 Å². The standard InChI is InChI=1S/C23H26F3N3O3/c1-15(30)27-13-17-14-28-20(12-19(17)23(24,25)26)21-4-3-11-29(21)22(31)10-7-16-5-8-18(32-2)9-6-16/h5-6,8-9,12,14,21H,3-4,7,10-11,13H2,1-2H3,(H,27,30)/t21-/m0/s1. The normalized spacial score (nSPS) is 16.2. The molecule has 1 aromatic carbocycles. The molecule has 0 aliphatic carbocycles. The Bertz CT molecular complexity index is 961. The van der Waals surface area contributed by atoms with Gasteiger partial charge in [0.15, 0.2) is 0 Å². The van der Waals surface area contributed by atoms with Crippen LogP contribution in [0.5, 0.6) is 5.75 Å². The van der Waals surface area contributed by atoms with E-state index in [9.17, 15) is 22.8 Å². The minimum absolute atomic E-state index is 0.105. The van der Waals surface area contributed by atoms with Crippen LogP contribution in [0.15, 0.2) is 36.5 Å². The van der Waals surface area contributed by atoms with Crippen molar-refractivity contribution in [3.63, 3.8) is 0 Å². The molecule has 1 N–H and O–H groups in total. The summed E-state index contributed by atoms with van der Waals surface area (Å²) in [6.07, 6.45) is -1.39. The molecule has 172 valence electrons. The van der Waals surface area contributed by atoms with Crippen LogP contribution in [0.1, 0.15) is 54.6 Å². The first-order valence-electron chi connectivity index (χ1n) is 10.4. The van der Waals surface area contributed by atoms with Gasteiger partial charge in [-0.1, -0.05) is 12.1 Å². The van der Waals surface area contributed by atoms with E-state index < -0.39 is 23.7 Å². The number of amides is 2. The van der Waals surface area contributed by atoms with Crippen molar-refractivity contribution in [2.45, 2.75) is 51.4 Å². The summed E-state index contributed by atoms with van der Waals surface area (Å²) in [7, 11) is 1.58. The molecule has 3 rings (SSSR count). The largest absolute Gasteiger partial charge is 0.497 e. The number of nitrogens with one attached hydrogen (secondary N) is 1. The number of ether oxygens (including phenoxy) is 1. The molecular formula is C23H26F3N3O3. The quantitative estimate of drug-likeness (QED) is 0.693. The third-order valence-electron chi connectivity index (χ3n) is 5.54. The average molecular weight is 449 g/mol. The van der Waals surface area contributed by atoms with E-state index in [1.807, 2.05) is 24.3 Å². The van der Waals surface area contributed by atoms with Crippen molar-refractivity contribution in [3.8, 4) is 5.75 Å². The molecule has 1 aliphatic rings. The summed E-state index contributed by atoms with van der Waals surface area (Å²) in [5, 5.41) is 2.38. The summed E-state index contributed by atoms with van der Waals surface area (Å²) < 4.78 is 46.0. The van der Waals surface area contributed by atoms with Gasteiger partial charge in [0.2, 0.25) is 11.8 Å². The average Bonchev–Trinajstić information content (AvgIpc) is 3.25. The summed E-state index contributed by atoms with van der Waals surface area (Å²) >= 11 is 0. The molecule has 2 heterocycles. The van der Waals surface area contributed by atoms with E-state index >= 15 is 0 Å². The lowest BCUT2D eigenvalue weighted by Gasteiger charge is -2.25. The smallest absolute Gasteiger partial charge is 0.416 e. The lowest BCUT2D eigenvalue weighted by Crippen LogP contribution is -2.31. The van der Waals surface area contributed by atoms with E-state index in [0.29, 0.717) is 25.8 Å². The zero-order chi connectivity index (χ0) is 23.3. The third-order valence-corrected chi connectivity index (χ3v) is 5.54. The van der Waals surface area contributed by atoms with Crippen LogP contribution in [-0.2, 0) is 28.7 Å². The minimum Gasteiger partial charge on any atom is -0.497 e. The highest BCUT2D eigenvalue weighted by molar-refractivity contribution is 5.77. The Kier molecular flexibility index (Phi) is 7.37. The highest BCUT2D eigenvalue weighted by atomic mass is 19.4.